The van der Waals surface area contributed by atoms with E-state index in [1.165, 1.54) is 0 Å². The van der Waals surface area contributed by atoms with Gasteiger partial charge in [0.2, 0.25) is 0 Å². The molecule has 122 valence electrons. The Kier molecular flexibility index (Phi) is 5.80. The summed E-state index contributed by atoms with van der Waals surface area (Å²) in [5, 5.41) is 21.4. The van der Waals surface area contributed by atoms with Gasteiger partial charge < -0.3 is 20.4 Å². The number of aliphatic hydroxyl groups is 2. The number of likely N-dealkylation sites (N-methyl/N-ethyl adjacent to an activating group) is 1. The number of benzene rings is 1. The SMILES string of the molecule is CC[C@H](NC(=O)c1ccc(N(C)CCO)cc1)C1CC(O)C1. The average molecular weight is 306 g/mol. The van der Waals surface area contributed by atoms with E-state index in [0.717, 1.165) is 24.9 Å². The fraction of sp³-hybridized carbons (Fsp3) is 0.588. The van der Waals surface area contributed by atoms with Crippen LogP contribution >= 0.6 is 0 Å². The van der Waals surface area contributed by atoms with Crippen LogP contribution in [0.2, 0.25) is 0 Å². The molecule has 0 spiro atoms. The quantitative estimate of drug-likeness (QED) is 0.712. The van der Waals surface area contributed by atoms with Gasteiger partial charge in [0.1, 0.15) is 0 Å². The molecule has 0 saturated heterocycles. The number of nitrogens with zero attached hydrogens (tertiary/aromatic N) is 1. The number of aliphatic hydroxyl groups excluding tert-OH is 2. The molecule has 1 aromatic carbocycles. The number of anilines is 1. The number of hydrogen-bond donors (Lipinski definition) is 3. The topological polar surface area (TPSA) is 72.8 Å². The summed E-state index contributed by atoms with van der Waals surface area (Å²) >= 11 is 0. The maximum Gasteiger partial charge on any atom is 0.251 e. The summed E-state index contributed by atoms with van der Waals surface area (Å²) in [7, 11) is 1.90. The molecule has 5 nitrogen and oxygen atoms in total. The Morgan fingerprint density at radius 1 is 1.36 bits per heavy atom. The number of hydrogen-bond acceptors (Lipinski definition) is 4. The van der Waals surface area contributed by atoms with Gasteiger partial charge in [0.15, 0.2) is 0 Å². The van der Waals surface area contributed by atoms with E-state index in [2.05, 4.69) is 12.2 Å². The van der Waals surface area contributed by atoms with Gasteiger partial charge in [-0.05, 0) is 49.4 Å². The second-order valence-electron chi connectivity index (χ2n) is 6.07. The highest BCUT2D eigenvalue weighted by atomic mass is 16.3. The summed E-state index contributed by atoms with van der Waals surface area (Å²) in [6, 6.07) is 7.52. The second kappa shape index (κ2) is 7.61. The zero-order valence-electron chi connectivity index (χ0n) is 13.3. The fourth-order valence-corrected chi connectivity index (χ4v) is 2.91. The molecule has 0 aromatic heterocycles. The smallest absolute Gasteiger partial charge is 0.251 e. The molecule has 1 fully saturated rings. The van der Waals surface area contributed by atoms with Crippen molar-refractivity contribution in [1.29, 1.82) is 0 Å². The molecule has 0 unspecified atom stereocenters. The van der Waals surface area contributed by atoms with Crippen LogP contribution in [0.3, 0.4) is 0 Å². The van der Waals surface area contributed by atoms with Gasteiger partial charge in [-0.15, -0.1) is 0 Å². The first-order valence-corrected chi connectivity index (χ1v) is 7.96. The normalized spacial score (nSPS) is 21.8. The molecule has 5 heteroatoms. The first-order chi connectivity index (χ1) is 10.5. The van der Waals surface area contributed by atoms with Crippen LogP contribution in [0.1, 0.15) is 36.5 Å². The highest BCUT2D eigenvalue weighted by Gasteiger charge is 2.33. The maximum atomic E-state index is 12.3. The molecule has 1 aliphatic carbocycles. The molecule has 0 bridgehead atoms. The zero-order chi connectivity index (χ0) is 16.1. The van der Waals surface area contributed by atoms with Crippen molar-refractivity contribution in [2.24, 2.45) is 5.92 Å². The lowest BCUT2D eigenvalue weighted by Gasteiger charge is -2.37. The lowest BCUT2D eigenvalue weighted by Crippen LogP contribution is -2.46. The maximum absolute atomic E-state index is 12.3. The Balaban J connectivity index is 1.94. The van der Waals surface area contributed by atoms with Gasteiger partial charge in [-0.2, -0.15) is 0 Å². The van der Waals surface area contributed by atoms with Crippen molar-refractivity contribution in [3.8, 4) is 0 Å². The van der Waals surface area contributed by atoms with Crippen LogP contribution in [0.5, 0.6) is 0 Å². The fourth-order valence-electron chi connectivity index (χ4n) is 2.91. The number of carbonyl (C=O) groups is 1. The molecular weight excluding hydrogens is 280 g/mol. The number of rotatable bonds is 7. The van der Waals surface area contributed by atoms with Gasteiger partial charge in [-0.3, -0.25) is 4.79 Å². The standard InChI is InChI=1S/C17H26N2O3/c1-3-16(13-10-15(21)11-13)18-17(22)12-4-6-14(7-5-12)19(2)8-9-20/h4-7,13,15-16,20-21H,3,8-11H2,1-2H3,(H,18,22)/t13?,15?,16-/m0/s1. The molecule has 0 aliphatic heterocycles. The molecule has 1 amide bonds. The highest BCUT2D eigenvalue weighted by Crippen LogP contribution is 2.31. The average Bonchev–Trinajstić information content (AvgIpc) is 2.50. The van der Waals surface area contributed by atoms with E-state index in [4.69, 9.17) is 5.11 Å². The molecule has 0 radical (unpaired) electrons. The van der Waals surface area contributed by atoms with Crippen LogP contribution in [-0.2, 0) is 0 Å². The first kappa shape index (κ1) is 16.8. The third kappa shape index (κ3) is 3.99. The third-order valence-electron chi connectivity index (χ3n) is 4.48. The number of carbonyl (C=O) groups excluding carboxylic acids is 1. The van der Waals surface area contributed by atoms with E-state index < -0.39 is 0 Å². The van der Waals surface area contributed by atoms with Crippen LogP contribution in [0.25, 0.3) is 0 Å². The largest absolute Gasteiger partial charge is 0.395 e. The lowest BCUT2D eigenvalue weighted by molar-refractivity contribution is 0.0232. The Labute approximate surface area is 131 Å². The van der Waals surface area contributed by atoms with Crippen molar-refractivity contribution < 1.29 is 15.0 Å². The molecule has 1 saturated carbocycles. The first-order valence-electron chi connectivity index (χ1n) is 7.96. The number of amides is 1. The van der Waals surface area contributed by atoms with Crippen molar-refractivity contribution in [3.05, 3.63) is 29.8 Å². The van der Waals surface area contributed by atoms with Crippen LogP contribution in [0.15, 0.2) is 24.3 Å². The summed E-state index contributed by atoms with van der Waals surface area (Å²) in [6.07, 6.45) is 2.24. The van der Waals surface area contributed by atoms with Gasteiger partial charge in [0.05, 0.1) is 12.7 Å². The van der Waals surface area contributed by atoms with E-state index in [1.54, 1.807) is 12.1 Å². The van der Waals surface area contributed by atoms with E-state index in [1.807, 2.05) is 24.1 Å². The molecule has 22 heavy (non-hydrogen) atoms. The molecule has 1 aromatic rings. The molecule has 0 heterocycles. The Bertz CT molecular complexity index is 483. The Morgan fingerprint density at radius 2 is 2.00 bits per heavy atom. The van der Waals surface area contributed by atoms with Crippen LogP contribution in [0, 0.1) is 5.92 Å². The van der Waals surface area contributed by atoms with Crippen molar-refractivity contribution in [1.82, 2.24) is 5.32 Å². The second-order valence-corrected chi connectivity index (χ2v) is 6.07. The summed E-state index contributed by atoms with van der Waals surface area (Å²) in [4.78, 5) is 14.3. The third-order valence-corrected chi connectivity index (χ3v) is 4.48. The van der Waals surface area contributed by atoms with Gasteiger partial charge in [0.25, 0.3) is 5.91 Å². The molecule has 1 aliphatic rings. The predicted octanol–water partition coefficient (Wildman–Crippen LogP) is 1.39. The predicted molar refractivity (Wildman–Crippen MR) is 87.1 cm³/mol. The minimum Gasteiger partial charge on any atom is -0.395 e. The van der Waals surface area contributed by atoms with E-state index in [0.29, 0.717) is 18.0 Å². The summed E-state index contributed by atoms with van der Waals surface area (Å²) < 4.78 is 0. The van der Waals surface area contributed by atoms with Gasteiger partial charge in [0, 0.05) is 30.9 Å². The summed E-state index contributed by atoms with van der Waals surface area (Å²) in [5.41, 5.74) is 1.61. The monoisotopic (exact) mass is 306 g/mol. The summed E-state index contributed by atoms with van der Waals surface area (Å²) in [5.74, 6) is 0.323. The molecule has 1 atom stereocenters. The number of nitrogens with one attached hydrogen (secondary N) is 1. The lowest BCUT2D eigenvalue weighted by atomic mass is 9.76. The minimum atomic E-state index is -0.197. The van der Waals surface area contributed by atoms with Crippen molar-refractivity contribution in [3.63, 3.8) is 0 Å². The zero-order valence-corrected chi connectivity index (χ0v) is 13.3. The Hall–Kier alpha value is -1.59. The van der Waals surface area contributed by atoms with Crippen LogP contribution in [0.4, 0.5) is 5.69 Å². The van der Waals surface area contributed by atoms with E-state index in [-0.39, 0.29) is 24.7 Å². The van der Waals surface area contributed by atoms with Gasteiger partial charge in [-0.1, -0.05) is 6.92 Å². The minimum absolute atomic E-state index is 0.0652. The molecular formula is C17H26N2O3. The van der Waals surface area contributed by atoms with Crippen molar-refractivity contribution >= 4 is 11.6 Å². The van der Waals surface area contributed by atoms with Crippen molar-refractivity contribution in [2.45, 2.75) is 38.3 Å². The van der Waals surface area contributed by atoms with Crippen molar-refractivity contribution in [2.75, 3.05) is 25.1 Å². The van der Waals surface area contributed by atoms with Gasteiger partial charge in [-0.25, -0.2) is 0 Å². The van der Waals surface area contributed by atoms with Crippen LogP contribution < -0.4 is 10.2 Å². The van der Waals surface area contributed by atoms with Crippen LogP contribution in [-0.4, -0.2) is 48.5 Å². The summed E-state index contributed by atoms with van der Waals surface area (Å²) in [6.45, 7) is 2.72. The van der Waals surface area contributed by atoms with E-state index in [9.17, 15) is 9.90 Å². The highest BCUT2D eigenvalue weighted by molar-refractivity contribution is 5.94. The molecule has 3 N–H and O–H groups in total. The molecule has 2 rings (SSSR count). The van der Waals surface area contributed by atoms with Gasteiger partial charge >= 0.3 is 0 Å². The van der Waals surface area contributed by atoms with E-state index >= 15 is 0 Å². The Morgan fingerprint density at radius 3 is 2.50 bits per heavy atom.